The summed E-state index contributed by atoms with van der Waals surface area (Å²) >= 11 is 0. The molecule has 0 saturated carbocycles. The molecule has 1 aromatic carbocycles. The highest BCUT2D eigenvalue weighted by Gasteiger charge is 2.16. The highest BCUT2D eigenvalue weighted by atomic mass is 35.7. The first-order valence-corrected chi connectivity index (χ1v) is 6.82. The van der Waals surface area contributed by atoms with Crippen LogP contribution >= 0.6 is 10.7 Å². The van der Waals surface area contributed by atoms with E-state index in [4.69, 9.17) is 15.8 Å². The van der Waals surface area contributed by atoms with Gasteiger partial charge in [0.25, 0.3) is 0 Å². The van der Waals surface area contributed by atoms with Crippen LogP contribution in [0.2, 0.25) is 0 Å². The zero-order valence-electron chi connectivity index (χ0n) is 8.37. The van der Waals surface area contributed by atoms with Crippen LogP contribution in [0.1, 0.15) is 11.1 Å². The number of benzene rings is 1. The van der Waals surface area contributed by atoms with Gasteiger partial charge in [-0.1, -0.05) is 0 Å². The molecule has 0 aliphatic rings. The SMILES string of the molecule is Cc1cc(CCS(=O)(=O)Cl)c(O)c(F)c1O. The Kier molecular flexibility index (Phi) is 3.64. The van der Waals surface area contributed by atoms with Crippen molar-refractivity contribution in [1.29, 1.82) is 0 Å². The fraction of sp³-hybridized carbons (Fsp3) is 0.333. The first-order chi connectivity index (χ1) is 7.22. The summed E-state index contributed by atoms with van der Waals surface area (Å²) in [4.78, 5) is 0. The molecule has 0 saturated heterocycles. The van der Waals surface area contributed by atoms with Crippen molar-refractivity contribution < 1.29 is 23.0 Å². The normalized spacial score (nSPS) is 11.7. The van der Waals surface area contributed by atoms with Crippen molar-refractivity contribution in [2.75, 3.05) is 5.75 Å². The molecule has 0 aromatic heterocycles. The van der Waals surface area contributed by atoms with Crippen LogP contribution in [0.3, 0.4) is 0 Å². The number of phenols is 2. The standard InChI is InChI=1S/C9H10ClFO4S/c1-5-4-6(2-3-16(10,14)15)9(13)7(11)8(5)12/h4,12-13H,2-3H2,1H3. The molecule has 0 unspecified atom stereocenters. The lowest BCUT2D eigenvalue weighted by atomic mass is 10.1. The van der Waals surface area contributed by atoms with E-state index in [-0.39, 0.29) is 17.5 Å². The van der Waals surface area contributed by atoms with E-state index in [1.807, 2.05) is 0 Å². The van der Waals surface area contributed by atoms with E-state index in [0.717, 1.165) is 0 Å². The molecule has 0 aliphatic heterocycles. The molecule has 2 N–H and O–H groups in total. The van der Waals surface area contributed by atoms with E-state index in [0.29, 0.717) is 0 Å². The second-order valence-corrected chi connectivity index (χ2v) is 6.25. The van der Waals surface area contributed by atoms with Crippen molar-refractivity contribution in [2.45, 2.75) is 13.3 Å². The third-order valence-electron chi connectivity index (χ3n) is 2.10. The van der Waals surface area contributed by atoms with Crippen molar-refractivity contribution in [2.24, 2.45) is 0 Å². The summed E-state index contributed by atoms with van der Waals surface area (Å²) in [5, 5.41) is 18.5. The summed E-state index contributed by atoms with van der Waals surface area (Å²) < 4.78 is 34.6. The van der Waals surface area contributed by atoms with Gasteiger partial charge >= 0.3 is 0 Å². The van der Waals surface area contributed by atoms with Crippen LogP contribution in [-0.4, -0.2) is 24.4 Å². The fourth-order valence-corrected chi connectivity index (χ4v) is 1.94. The molecule has 0 heterocycles. The summed E-state index contributed by atoms with van der Waals surface area (Å²) in [7, 11) is 1.29. The molecule has 16 heavy (non-hydrogen) atoms. The van der Waals surface area contributed by atoms with Gasteiger partial charge in [0, 0.05) is 10.7 Å². The Balaban J connectivity index is 3.07. The number of phenolic OH excluding ortho intramolecular Hbond substituents is 2. The maximum atomic E-state index is 13.2. The average molecular weight is 269 g/mol. The van der Waals surface area contributed by atoms with E-state index >= 15 is 0 Å². The van der Waals surface area contributed by atoms with Crippen LogP contribution in [0.5, 0.6) is 11.5 Å². The Morgan fingerprint density at radius 1 is 1.38 bits per heavy atom. The number of aromatic hydroxyl groups is 2. The summed E-state index contributed by atoms with van der Waals surface area (Å²) in [6, 6.07) is 1.32. The molecule has 1 aromatic rings. The Hall–Kier alpha value is -1.01. The van der Waals surface area contributed by atoms with Crippen molar-refractivity contribution in [3.8, 4) is 11.5 Å². The molecule has 0 spiro atoms. The molecular formula is C9H10ClFO4S. The minimum atomic E-state index is -3.70. The monoisotopic (exact) mass is 268 g/mol. The van der Waals surface area contributed by atoms with Crippen LogP contribution in [0, 0.1) is 12.7 Å². The van der Waals surface area contributed by atoms with Crippen LogP contribution in [0.4, 0.5) is 4.39 Å². The highest BCUT2D eigenvalue weighted by molar-refractivity contribution is 8.13. The van der Waals surface area contributed by atoms with E-state index in [1.165, 1.54) is 13.0 Å². The summed E-state index contributed by atoms with van der Waals surface area (Å²) in [5.41, 5.74) is 0.314. The quantitative estimate of drug-likeness (QED) is 0.818. The summed E-state index contributed by atoms with van der Waals surface area (Å²) in [5.74, 6) is -2.95. The van der Waals surface area contributed by atoms with Gasteiger partial charge in [0.05, 0.1) is 5.75 Å². The lowest BCUT2D eigenvalue weighted by molar-refractivity contribution is 0.383. The topological polar surface area (TPSA) is 74.6 Å². The first-order valence-electron chi connectivity index (χ1n) is 4.34. The van der Waals surface area contributed by atoms with Crippen LogP contribution < -0.4 is 0 Å². The van der Waals surface area contributed by atoms with Crippen molar-refractivity contribution >= 4 is 19.7 Å². The second-order valence-electron chi connectivity index (χ2n) is 3.36. The van der Waals surface area contributed by atoms with E-state index < -0.39 is 32.1 Å². The molecular weight excluding hydrogens is 259 g/mol. The molecule has 0 atom stereocenters. The average Bonchev–Trinajstić information content (AvgIpc) is 2.17. The number of aryl methyl sites for hydroxylation is 2. The molecule has 0 bridgehead atoms. The van der Waals surface area contributed by atoms with Gasteiger partial charge in [0.2, 0.25) is 14.9 Å². The molecule has 0 amide bonds. The molecule has 0 radical (unpaired) electrons. The maximum absolute atomic E-state index is 13.2. The van der Waals surface area contributed by atoms with Gasteiger partial charge < -0.3 is 10.2 Å². The maximum Gasteiger partial charge on any atom is 0.232 e. The Morgan fingerprint density at radius 2 is 1.94 bits per heavy atom. The largest absolute Gasteiger partial charge is 0.505 e. The van der Waals surface area contributed by atoms with Crippen LogP contribution in [-0.2, 0) is 15.5 Å². The first kappa shape index (κ1) is 13.1. The van der Waals surface area contributed by atoms with Crippen molar-refractivity contribution in [3.05, 3.63) is 23.0 Å². The fourth-order valence-electron chi connectivity index (χ4n) is 1.25. The van der Waals surface area contributed by atoms with Crippen LogP contribution in [0.25, 0.3) is 0 Å². The zero-order chi connectivity index (χ0) is 12.5. The van der Waals surface area contributed by atoms with Gasteiger partial charge in [-0.2, -0.15) is 4.39 Å². The minimum Gasteiger partial charge on any atom is -0.505 e. The molecule has 0 fully saturated rings. The van der Waals surface area contributed by atoms with Gasteiger partial charge in [-0.25, -0.2) is 8.42 Å². The lowest BCUT2D eigenvalue weighted by Gasteiger charge is -2.08. The number of hydrogen-bond acceptors (Lipinski definition) is 4. The molecule has 90 valence electrons. The van der Waals surface area contributed by atoms with Crippen LogP contribution in [0.15, 0.2) is 6.07 Å². The smallest absolute Gasteiger partial charge is 0.232 e. The van der Waals surface area contributed by atoms with E-state index in [1.54, 1.807) is 0 Å². The molecule has 0 aliphatic carbocycles. The lowest BCUT2D eigenvalue weighted by Crippen LogP contribution is -2.02. The Labute approximate surface area is 96.7 Å². The van der Waals surface area contributed by atoms with Gasteiger partial charge in [-0.05, 0) is 30.5 Å². The molecule has 7 heteroatoms. The van der Waals surface area contributed by atoms with Gasteiger partial charge in [0.15, 0.2) is 11.5 Å². The van der Waals surface area contributed by atoms with Gasteiger partial charge in [-0.3, -0.25) is 0 Å². The number of hydrogen-bond donors (Lipinski definition) is 2. The Morgan fingerprint density at radius 3 is 2.44 bits per heavy atom. The molecule has 1 rings (SSSR count). The number of halogens is 2. The van der Waals surface area contributed by atoms with Gasteiger partial charge in [0.1, 0.15) is 0 Å². The summed E-state index contributed by atoms with van der Waals surface area (Å²) in [6.45, 7) is 1.44. The van der Waals surface area contributed by atoms with E-state index in [2.05, 4.69) is 0 Å². The zero-order valence-corrected chi connectivity index (χ0v) is 9.94. The minimum absolute atomic E-state index is 0.0945. The van der Waals surface area contributed by atoms with Crippen molar-refractivity contribution in [3.63, 3.8) is 0 Å². The van der Waals surface area contributed by atoms with E-state index in [9.17, 15) is 17.9 Å². The molecule has 4 nitrogen and oxygen atoms in total. The second kappa shape index (κ2) is 4.47. The predicted octanol–water partition coefficient (Wildman–Crippen LogP) is 1.66. The van der Waals surface area contributed by atoms with Gasteiger partial charge in [-0.15, -0.1) is 0 Å². The third-order valence-corrected chi connectivity index (χ3v) is 3.25. The third kappa shape index (κ3) is 2.99. The van der Waals surface area contributed by atoms with Crippen molar-refractivity contribution in [1.82, 2.24) is 0 Å². The Bertz CT molecular complexity index is 513. The summed E-state index contributed by atoms with van der Waals surface area (Å²) in [6.07, 6.45) is -0.115. The predicted molar refractivity (Wildman–Crippen MR) is 57.8 cm³/mol. The highest BCUT2D eigenvalue weighted by Crippen LogP contribution is 2.32. The number of rotatable bonds is 3.